The Bertz CT molecular complexity index is 499. The summed E-state index contributed by atoms with van der Waals surface area (Å²) in [5.74, 6) is -4.39. The van der Waals surface area contributed by atoms with Crippen LogP contribution in [0.1, 0.15) is 15.9 Å². The molecule has 18 heavy (non-hydrogen) atoms. The van der Waals surface area contributed by atoms with Gasteiger partial charge < -0.3 is 5.11 Å². The molecule has 1 aromatic rings. The number of carbonyl (C=O) groups is 1. The molecule has 0 radical (unpaired) electrons. The zero-order valence-corrected chi connectivity index (χ0v) is 9.57. The van der Waals surface area contributed by atoms with E-state index in [1.54, 1.807) is 0 Å². The van der Waals surface area contributed by atoms with Crippen LogP contribution in [0.25, 0.3) is 0 Å². The Labute approximate surface area is 104 Å². The van der Waals surface area contributed by atoms with Crippen molar-refractivity contribution in [3.63, 3.8) is 0 Å². The highest BCUT2D eigenvalue weighted by atomic mass is 19.3. The lowest BCUT2D eigenvalue weighted by atomic mass is 9.99. The molecule has 0 bridgehead atoms. The molecule has 1 aromatic carbocycles. The first kappa shape index (κ1) is 13.8. The minimum atomic E-state index is -3.23. The van der Waals surface area contributed by atoms with Crippen molar-refractivity contribution in [3.05, 3.63) is 72.4 Å². The molecule has 0 saturated carbocycles. The van der Waals surface area contributed by atoms with Gasteiger partial charge in [0.1, 0.15) is 0 Å². The number of benzene rings is 1. The smallest absolute Gasteiger partial charge is 0.335 e. The summed E-state index contributed by atoms with van der Waals surface area (Å²) < 4.78 is 28.0. The Morgan fingerprint density at radius 3 is 2.17 bits per heavy atom. The molecule has 0 atom stereocenters. The lowest BCUT2D eigenvalue weighted by molar-refractivity contribution is 0.0419. The predicted molar refractivity (Wildman–Crippen MR) is 65.8 cm³/mol. The molecule has 0 spiro atoms. The van der Waals surface area contributed by atoms with E-state index in [1.165, 1.54) is 6.08 Å². The molecule has 1 rings (SSSR count). The van der Waals surface area contributed by atoms with Gasteiger partial charge in [0.15, 0.2) is 0 Å². The molecule has 0 heterocycles. The number of allylic oxidation sites excluding steroid dienone is 4. The van der Waals surface area contributed by atoms with Crippen molar-refractivity contribution in [1.82, 2.24) is 0 Å². The van der Waals surface area contributed by atoms with Crippen molar-refractivity contribution in [1.29, 1.82) is 0 Å². The molecular weight excluding hydrogens is 238 g/mol. The highest BCUT2D eigenvalue weighted by molar-refractivity contribution is 5.87. The molecule has 94 valence electrons. The molecule has 1 N–H and O–H groups in total. The van der Waals surface area contributed by atoms with E-state index in [1.807, 2.05) is 0 Å². The third-order valence-corrected chi connectivity index (χ3v) is 2.37. The second-order valence-electron chi connectivity index (χ2n) is 3.52. The van der Waals surface area contributed by atoms with E-state index < -0.39 is 11.9 Å². The van der Waals surface area contributed by atoms with Crippen molar-refractivity contribution >= 4 is 5.97 Å². The number of hydrogen-bond donors (Lipinski definition) is 1. The number of carboxylic acids is 1. The van der Waals surface area contributed by atoms with Gasteiger partial charge in [-0.25, -0.2) is 4.79 Å². The number of hydrogen-bond acceptors (Lipinski definition) is 1. The number of rotatable bonds is 5. The number of alkyl halides is 2. The van der Waals surface area contributed by atoms with Gasteiger partial charge in [0.25, 0.3) is 5.92 Å². The summed E-state index contributed by atoms with van der Waals surface area (Å²) in [7, 11) is 0. The van der Waals surface area contributed by atoms with Gasteiger partial charge in [0.2, 0.25) is 0 Å². The SMILES string of the molecule is C=C/C=C(\C=C)C(F)(F)c1ccc(C(=O)O)cc1. The third kappa shape index (κ3) is 2.71. The molecule has 0 fully saturated rings. The van der Waals surface area contributed by atoms with Gasteiger partial charge in [-0.1, -0.05) is 43.5 Å². The van der Waals surface area contributed by atoms with Gasteiger partial charge in [0.05, 0.1) is 5.56 Å². The second-order valence-corrected chi connectivity index (χ2v) is 3.52. The minimum Gasteiger partial charge on any atom is -0.478 e. The van der Waals surface area contributed by atoms with E-state index in [-0.39, 0.29) is 16.7 Å². The fourth-order valence-corrected chi connectivity index (χ4v) is 1.42. The molecular formula is C14H12F2O2. The number of halogens is 2. The van der Waals surface area contributed by atoms with Gasteiger partial charge in [-0.2, -0.15) is 8.78 Å². The Morgan fingerprint density at radius 2 is 1.78 bits per heavy atom. The fraction of sp³-hybridized carbons (Fsp3) is 0.0714. The standard InChI is InChI=1S/C14H12F2O2/c1-3-5-11(4-2)14(15,16)12-8-6-10(7-9-12)13(17)18/h3-9H,1-2H2,(H,17,18)/b11-5+. The molecule has 2 nitrogen and oxygen atoms in total. The zero-order chi connectivity index (χ0) is 13.8. The summed E-state index contributed by atoms with van der Waals surface area (Å²) in [6.07, 6.45) is 3.46. The van der Waals surface area contributed by atoms with Crippen LogP contribution in [0, 0.1) is 0 Å². The maximum Gasteiger partial charge on any atom is 0.335 e. The van der Waals surface area contributed by atoms with Crippen molar-refractivity contribution in [2.24, 2.45) is 0 Å². The predicted octanol–water partition coefficient (Wildman–Crippen LogP) is 3.78. The highest BCUT2D eigenvalue weighted by Gasteiger charge is 2.34. The van der Waals surface area contributed by atoms with E-state index in [9.17, 15) is 13.6 Å². The summed E-state index contributed by atoms with van der Waals surface area (Å²) in [5, 5.41) is 8.69. The first-order valence-electron chi connectivity index (χ1n) is 5.10. The summed E-state index contributed by atoms with van der Waals surface area (Å²) in [6, 6.07) is 4.45. The van der Waals surface area contributed by atoms with Crippen LogP contribution in [-0.4, -0.2) is 11.1 Å². The van der Waals surface area contributed by atoms with Crippen LogP contribution in [0.5, 0.6) is 0 Å². The van der Waals surface area contributed by atoms with E-state index in [2.05, 4.69) is 13.2 Å². The van der Waals surface area contributed by atoms with E-state index in [0.29, 0.717) is 0 Å². The van der Waals surface area contributed by atoms with Gasteiger partial charge in [0, 0.05) is 11.1 Å². The minimum absolute atomic E-state index is 0.0394. The maximum atomic E-state index is 14.0. The lowest BCUT2D eigenvalue weighted by Crippen LogP contribution is -2.15. The van der Waals surface area contributed by atoms with Crippen molar-refractivity contribution < 1.29 is 18.7 Å². The highest BCUT2D eigenvalue weighted by Crippen LogP contribution is 2.36. The first-order chi connectivity index (χ1) is 8.43. The zero-order valence-electron chi connectivity index (χ0n) is 9.57. The quantitative estimate of drug-likeness (QED) is 0.807. The van der Waals surface area contributed by atoms with Crippen molar-refractivity contribution in [2.75, 3.05) is 0 Å². The van der Waals surface area contributed by atoms with Gasteiger partial charge in [-0.05, 0) is 12.1 Å². The summed E-state index contributed by atoms with van der Waals surface area (Å²) in [5.41, 5.74) is -0.622. The molecule has 0 unspecified atom stereocenters. The van der Waals surface area contributed by atoms with E-state index in [0.717, 1.165) is 36.4 Å². The van der Waals surface area contributed by atoms with E-state index >= 15 is 0 Å². The first-order valence-corrected chi connectivity index (χ1v) is 5.10. The molecule has 0 amide bonds. The maximum absolute atomic E-state index is 14.0. The Morgan fingerprint density at radius 1 is 1.22 bits per heavy atom. The average Bonchev–Trinajstić information content (AvgIpc) is 2.35. The van der Waals surface area contributed by atoms with Crippen LogP contribution in [0.3, 0.4) is 0 Å². The van der Waals surface area contributed by atoms with Crippen LogP contribution in [0.2, 0.25) is 0 Å². The van der Waals surface area contributed by atoms with Crippen LogP contribution in [0.15, 0.2) is 61.2 Å². The van der Waals surface area contributed by atoms with Crippen LogP contribution in [0.4, 0.5) is 8.78 Å². The molecule has 0 aromatic heterocycles. The topological polar surface area (TPSA) is 37.3 Å². The number of carboxylic acid groups (broad SMARTS) is 1. The number of aromatic carboxylic acids is 1. The van der Waals surface area contributed by atoms with Crippen LogP contribution in [-0.2, 0) is 5.92 Å². The van der Waals surface area contributed by atoms with Gasteiger partial charge in [-0.3, -0.25) is 0 Å². The monoisotopic (exact) mass is 250 g/mol. The molecule has 4 heteroatoms. The Balaban J connectivity index is 3.19. The summed E-state index contributed by atoms with van der Waals surface area (Å²) in [6.45, 7) is 6.68. The van der Waals surface area contributed by atoms with Crippen LogP contribution < -0.4 is 0 Å². The molecule has 0 aliphatic heterocycles. The van der Waals surface area contributed by atoms with Crippen molar-refractivity contribution in [3.8, 4) is 0 Å². The fourth-order valence-electron chi connectivity index (χ4n) is 1.42. The molecule has 0 aliphatic rings. The normalized spacial score (nSPS) is 12.0. The van der Waals surface area contributed by atoms with Crippen LogP contribution >= 0.6 is 0 Å². The van der Waals surface area contributed by atoms with Gasteiger partial charge >= 0.3 is 5.97 Å². The molecule has 0 aliphatic carbocycles. The van der Waals surface area contributed by atoms with Gasteiger partial charge in [-0.15, -0.1) is 0 Å². The summed E-state index contributed by atoms with van der Waals surface area (Å²) >= 11 is 0. The van der Waals surface area contributed by atoms with E-state index in [4.69, 9.17) is 5.11 Å². The Kier molecular flexibility index (Phi) is 4.15. The molecule has 0 saturated heterocycles. The third-order valence-electron chi connectivity index (χ3n) is 2.37. The summed E-state index contributed by atoms with van der Waals surface area (Å²) in [4.78, 5) is 10.6. The lowest BCUT2D eigenvalue weighted by Gasteiger charge is -2.18. The average molecular weight is 250 g/mol. The van der Waals surface area contributed by atoms with Crippen molar-refractivity contribution in [2.45, 2.75) is 5.92 Å². The largest absolute Gasteiger partial charge is 0.478 e. The Hall–Kier alpha value is -2.23. The second kappa shape index (κ2) is 5.40.